The molecule has 1 heteroatoms. The first-order valence-electron chi connectivity index (χ1n) is 19.8. The zero-order valence-corrected chi connectivity index (χ0v) is 22.5. The Labute approximate surface area is 266 Å². The van der Waals surface area contributed by atoms with Gasteiger partial charge in [-0.25, -0.2) is 0 Å². The van der Waals surface area contributed by atoms with Crippen LogP contribution in [0.25, 0.3) is 87.6 Å². The Balaban J connectivity index is 1.39. The second-order valence-corrected chi connectivity index (χ2v) is 10.3. The Kier molecular flexibility index (Phi) is 3.29. The molecule has 8 aromatic carbocycles. The van der Waals surface area contributed by atoms with E-state index in [9.17, 15) is 1.37 Å². The summed E-state index contributed by atoms with van der Waals surface area (Å²) in [5.41, 5.74) is 3.80. The lowest BCUT2D eigenvalue weighted by Crippen LogP contribution is -1.92. The number of furan rings is 1. The van der Waals surface area contributed by atoms with Crippen LogP contribution in [0.3, 0.4) is 0 Å². The fraction of sp³-hybridized carbons (Fsp3) is 0. The average Bonchev–Trinajstić information content (AvgIpc) is 3.57. The summed E-state index contributed by atoms with van der Waals surface area (Å²) in [6, 6.07) is 21.1. The van der Waals surface area contributed by atoms with Crippen molar-refractivity contribution in [1.82, 2.24) is 0 Å². The van der Waals surface area contributed by atoms with Crippen molar-refractivity contribution in [2.75, 3.05) is 0 Å². The lowest BCUT2D eigenvalue weighted by molar-refractivity contribution is 0.669. The molecule has 0 amide bonds. The van der Waals surface area contributed by atoms with E-state index in [1.54, 1.807) is 12.1 Å². The van der Waals surface area contributed by atoms with Crippen molar-refractivity contribution in [3.05, 3.63) is 157 Å². The summed E-state index contributed by atoms with van der Waals surface area (Å²) >= 11 is 0. The van der Waals surface area contributed by atoms with Gasteiger partial charge in [-0.3, -0.25) is 0 Å². The molecular formula is C42H26O. The van der Waals surface area contributed by atoms with Crippen molar-refractivity contribution < 1.29 is 20.9 Å². The summed E-state index contributed by atoms with van der Waals surface area (Å²) in [5.74, 6) is 0. The molecule has 1 heterocycles. The van der Waals surface area contributed by atoms with Gasteiger partial charge in [-0.05, 0) is 83.9 Å². The van der Waals surface area contributed by atoms with Crippen molar-refractivity contribution in [2.45, 2.75) is 0 Å². The molecule has 0 fully saturated rings. The van der Waals surface area contributed by atoms with Gasteiger partial charge in [0.05, 0.1) is 16.4 Å². The van der Waals surface area contributed by atoms with Crippen molar-refractivity contribution in [2.24, 2.45) is 0 Å². The molecule has 9 rings (SSSR count). The van der Waals surface area contributed by atoms with E-state index in [0.29, 0.717) is 33.1 Å². The molecule has 0 aliphatic rings. The van der Waals surface area contributed by atoms with Crippen LogP contribution in [0.5, 0.6) is 0 Å². The Morgan fingerprint density at radius 1 is 0.419 bits per heavy atom. The Morgan fingerprint density at radius 3 is 1.81 bits per heavy atom. The van der Waals surface area contributed by atoms with Crippen LogP contribution >= 0.6 is 0 Å². The summed E-state index contributed by atoms with van der Waals surface area (Å²) in [6.45, 7) is 0. The van der Waals surface area contributed by atoms with Crippen LogP contribution in [0.4, 0.5) is 0 Å². The largest absolute Gasteiger partial charge is 0.456 e. The Morgan fingerprint density at radius 2 is 1.07 bits per heavy atom. The van der Waals surface area contributed by atoms with E-state index >= 15 is 0 Å². The third kappa shape index (κ3) is 3.65. The average molecular weight is 559 g/mol. The highest BCUT2D eigenvalue weighted by atomic mass is 16.3. The number of rotatable bonds is 3. The van der Waals surface area contributed by atoms with E-state index < -0.39 is 48.3 Å². The summed E-state index contributed by atoms with van der Waals surface area (Å²) < 4.78 is 109. The van der Waals surface area contributed by atoms with E-state index in [1.807, 2.05) is 72.8 Å². The second-order valence-electron chi connectivity index (χ2n) is 10.3. The molecule has 0 atom stereocenters. The summed E-state index contributed by atoms with van der Waals surface area (Å²) in [4.78, 5) is 0. The first-order chi connectivity index (χ1) is 26.3. The van der Waals surface area contributed by atoms with Crippen LogP contribution < -0.4 is 0 Å². The molecule has 0 aliphatic carbocycles. The maximum absolute atomic E-state index is 9.21. The molecule has 0 N–H and O–H groups in total. The van der Waals surface area contributed by atoms with E-state index in [2.05, 4.69) is 0 Å². The minimum atomic E-state index is -0.514. The lowest BCUT2D eigenvalue weighted by Gasteiger charge is -2.19. The van der Waals surface area contributed by atoms with Gasteiger partial charge < -0.3 is 4.42 Å². The molecule has 0 saturated heterocycles. The molecule has 0 saturated carbocycles. The van der Waals surface area contributed by atoms with Crippen molar-refractivity contribution >= 4 is 54.3 Å². The third-order valence-corrected chi connectivity index (χ3v) is 8.05. The predicted molar refractivity (Wildman–Crippen MR) is 183 cm³/mol. The summed E-state index contributed by atoms with van der Waals surface area (Å²) in [7, 11) is 0. The van der Waals surface area contributed by atoms with Gasteiger partial charge >= 0.3 is 0 Å². The molecule has 200 valence electrons. The predicted octanol–water partition coefficient (Wildman–Crippen LogP) is 12.0. The fourth-order valence-corrected chi connectivity index (χ4v) is 6.27. The van der Waals surface area contributed by atoms with Crippen LogP contribution in [-0.2, 0) is 0 Å². The van der Waals surface area contributed by atoms with Crippen molar-refractivity contribution in [3.63, 3.8) is 0 Å². The van der Waals surface area contributed by atoms with E-state index in [1.165, 1.54) is 0 Å². The van der Waals surface area contributed by atoms with Crippen LogP contribution in [-0.4, -0.2) is 0 Å². The third-order valence-electron chi connectivity index (χ3n) is 8.05. The van der Waals surface area contributed by atoms with Gasteiger partial charge in [0.25, 0.3) is 0 Å². The SMILES string of the molecule is [2H]c1c([2H])c([2H])c(-c2ccc3c(c2)oc2cccc(-c4c5ccccc5c(-c5c([2H])c([2H])c([2H])c6c([2H])c([2H])c([2H])c([2H])c56)c5ccccc45)c23)c([2H])c1[2H]. The molecular weight excluding hydrogens is 520 g/mol. The quantitative estimate of drug-likeness (QED) is 0.197. The topological polar surface area (TPSA) is 13.1 Å². The highest BCUT2D eigenvalue weighted by Crippen LogP contribution is 2.48. The van der Waals surface area contributed by atoms with Crippen LogP contribution in [0, 0.1) is 0 Å². The van der Waals surface area contributed by atoms with E-state index in [0.717, 1.165) is 32.7 Å². The van der Waals surface area contributed by atoms with Crippen LogP contribution in [0.1, 0.15) is 16.4 Å². The number of fused-ring (bicyclic) bond motifs is 6. The van der Waals surface area contributed by atoms with Gasteiger partial charge in [0.1, 0.15) is 11.2 Å². The van der Waals surface area contributed by atoms with Crippen molar-refractivity contribution in [3.8, 4) is 33.4 Å². The fourth-order valence-electron chi connectivity index (χ4n) is 6.27. The first-order valence-corrected chi connectivity index (χ1v) is 13.8. The van der Waals surface area contributed by atoms with Gasteiger partial charge in [-0.15, -0.1) is 0 Å². The summed E-state index contributed by atoms with van der Waals surface area (Å²) in [6.07, 6.45) is 0. The molecule has 0 spiro atoms. The minimum Gasteiger partial charge on any atom is -0.456 e. The number of benzene rings is 8. The number of hydrogen-bond donors (Lipinski definition) is 0. The number of hydrogen-bond acceptors (Lipinski definition) is 1. The van der Waals surface area contributed by atoms with Crippen molar-refractivity contribution in [1.29, 1.82) is 0 Å². The lowest BCUT2D eigenvalue weighted by atomic mass is 9.84. The zero-order valence-electron chi connectivity index (χ0n) is 34.5. The Bertz CT molecular complexity index is 3090. The van der Waals surface area contributed by atoms with Gasteiger partial charge in [0.15, 0.2) is 0 Å². The standard InChI is InChI=1S/C42H26O/c1-2-12-27(13-3-1)29-24-25-36-39(26-29)43-38-23-11-22-37(42(36)38)41-34-19-8-6-17-32(34)40(33-18-7-9-20-35(33)41)31-21-10-15-28-14-4-5-16-30(28)31/h1-26H/i1D,2D,3D,4D,5D,10D,12D,13D,14D,15D,16D,21D. The van der Waals surface area contributed by atoms with E-state index in [4.69, 9.17) is 19.5 Å². The molecule has 0 bridgehead atoms. The highest BCUT2D eigenvalue weighted by molar-refractivity contribution is 6.27. The highest BCUT2D eigenvalue weighted by Gasteiger charge is 2.21. The first kappa shape index (κ1) is 15.0. The second kappa shape index (κ2) is 9.44. The molecule has 0 aliphatic heterocycles. The maximum Gasteiger partial charge on any atom is 0.136 e. The van der Waals surface area contributed by atoms with E-state index in [-0.39, 0.29) is 46.1 Å². The summed E-state index contributed by atoms with van der Waals surface area (Å²) in [5, 5.41) is 4.29. The maximum atomic E-state index is 9.21. The van der Waals surface area contributed by atoms with Crippen LogP contribution in [0.2, 0.25) is 0 Å². The molecule has 0 unspecified atom stereocenters. The molecule has 1 nitrogen and oxygen atoms in total. The molecule has 9 aromatic rings. The van der Waals surface area contributed by atoms with Gasteiger partial charge in [0.2, 0.25) is 0 Å². The van der Waals surface area contributed by atoms with Crippen LogP contribution in [0.15, 0.2) is 162 Å². The molecule has 43 heavy (non-hydrogen) atoms. The Hall–Kier alpha value is -5.66. The van der Waals surface area contributed by atoms with Gasteiger partial charge in [0, 0.05) is 10.8 Å². The normalized spacial score (nSPS) is 15.6. The monoisotopic (exact) mass is 558 g/mol. The molecule has 1 aromatic heterocycles. The molecule has 0 radical (unpaired) electrons. The van der Waals surface area contributed by atoms with Gasteiger partial charge in [-0.2, -0.15) is 0 Å². The zero-order chi connectivity index (χ0) is 38.8. The van der Waals surface area contributed by atoms with Gasteiger partial charge in [-0.1, -0.05) is 139 Å². The minimum absolute atomic E-state index is 0.0119. The smallest absolute Gasteiger partial charge is 0.136 e.